The lowest BCUT2D eigenvalue weighted by Gasteiger charge is -2.32. The Morgan fingerprint density at radius 1 is 1.33 bits per heavy atom. The minimum Gasteiger partial charge on any atom is -0.368 e. The van der Waals surface area contributed by atoms with Gasteiger partial charge in [0.05, 0.1) is 4.47 Å². The summed E-state index contributed by atoms with van der Waals surface area (Å²) in [6.07, 6.45) is 1.85. The van der Waals surface area contributed by atoms with E-state index in [-0.39, 0.29) is 0 Å². The quantitative estimate of drug-likeness (QED) is 0.919. The number of aromatic nitrogens is 1. The number of hydrogen-bond donors (Lipinski definition) is 1. The predicted octanol–water partition coefficient (Wildman–Crippen LogP) is 1.81. The minimum atomic E-state index is 0.943. The van der Waals surface area contributed by atoms with E-state index < -0.39 is 0 Å². The molecule has 18 heavy (non-hydrogen) atoms. The summed E-state index contributed by atoms with van der Waals surface area (Å²) in [7, 11) is 2.18. The SMILES string of the molecule is Cc1ccnc(NCCN2CCN(C)CC2)c1Br. The van der Waals surface area contributed by atoms with Gasteiger partial charge in [-0.1, -0.05) is 0 Å². The molecule has 4 nitrogen and oxygen atoms in total. The average molecular weight is 313 g/mol. The number of likely N-dealkylation sites (N-methyl/N-ethyl adjacent to an activating group) is 1. The van der Waals surface area contributed by atoms with E-state index in [1.165, 1.54) is 31.7 Å². The van der Waals surface area contributed by atoms with Gasteiger partial charge >= 0.3 is 0 Å². The van der Waals surface area contributed by atoms with Crippen molar-refractivity contribution < 1.29 is 0 Å². The van der Waals surface area contributed by atoms with E-state index in [1.54, 1.807) is 0 Å². The monoisotopic (exact) mass is 312 g/mol. The molecule has 1 N–H and O–H groups in total. The largest absolute Gasteiger partial charge is 0.368 e. The summed E-state index contributed by atoms with van der Waals surface area (Å²) >= 11 is 3.57. The minimum absolute atomic E-state index is 0.943. The Balaban J connectivity index is 1.77. The van der Waals surface area contributed by atoms with Gasteiger partial charge in [-0.2, -0.15) is 0 Å². The molecule has 0 atom stereocenters. The van der Waals surface area contributed by atoms with E-state index in [4.69, 9.17) is 0 Å². The smallest absolute Gasteiger partial charge is 0.140 e. The van der Waals surface area contributed by atoms with Crippen LogP contribution in [0.5, 0.6) is 0 Å². The summed E-state index contributed by atoms with van der Waals surface area (Å²) in [6.45, 7) is 8.78. The number of anilines is 1. The molecule has 100 valence electrons. The first-order chi connectivity index (χ1) is 8.66. The van der Waals surface area contributed by atoms with Crippen LogP contribution in [-0.2, 0) is 0 Å². The van der Waals surface area contributed by atoms with Crippen LogP contribution in [0.25, 0.3) is 0 Å². The Morgan fingerprint density at radius 3 is 2.78 bits per heavy atom. The maximum atomic E-state index is 4.35. The number of nitrogens with one attached hydrogen (secondary N) is 1. The predicted molar refractivity (Wildman–Crippen MR) is 79.1 cm³/mol. The lowest BCUT2D eigenvalue weighted by atomic mass is 10.3. The van der Waals surface area contributed by atoms with Gasteiger partial charge in [0, 0.05) is 45.5 Å². The second-order valence-electron chi connectivity index (χ2n) is 4.86. The zero-order chi connectivity index (χ0) is 13.0. The van der Waals surface area contributed by atoms with E-state index >= 15 is 0 Å². The van der Waals surface area contributed by atoms with Crippen molar-refractivity contribution in [3.8, 4) is 0 Å². The van der Waals surface area contributed by atoms with Gasteiger partial charge in [-0.15, -0.1) is 0 Å². The Hall–Kier alpha value is -0.650. The number of aryl methyl sites for hydroxylation is 1. The molecule has 0 aromatic carbocycles. The molecule has 2 rings (SSSR count). The van der Waals surface area contributed by atoms with Gasteiger partial charge in [-0.25, -0.2) is 4.98 Å². The molecule has 0 bridgehead atoms. The molecular weight excluding hydrogens is 292 g/mol. The van der Waals surface area contributed by atoms with E-state index in [2.05, 4.69) is 50.0 Å². The fourth-order valence-electron chi connectivity index (χ4n) is 2.07. The Morgan fingerprint density at radius 2 is 2.06 bits per heavy atom. The van der Waals surface area contributed by atoms with Crippen molar-refractivity contribution in [3.05, 3.63) is 22.3 Å². The third-order valence-electron chi connectivity index (χ3n) is 3.40. The summed E-state index contributed by atoms with van der Waals surface area (Å²) < 4.78 is 1.07. The average Bonchev–Trinajstić information content (AvgIpc) is 2.37. The third-order valence-corrected chi connectivity index (χ3v) is 4.40. The molecule has 0 amide bonds. The Kier molecular flexibility index (Phi) is 4.97. The molecule has 0 spiro atoms. The number of piperazine rings is 1. The first-order valence-corrected chi connectivity index (χ1v) is 7.22. The van der Waals surface area contributed by atoms with Gasteiger partial charge in [0.15, 0.2) is 0 Å². The second-order valence-corrected chi connectivity index (χ2v) is 5.66. The molecule has 0 aliphatic carbocycles. The summed E-state index contributed by atoms with van der Waals surface area (Å²) in [5.74, 6) is 0.948. The van der Waals surface area contributed by atoms with Crippen molar-refractivity contribution >= 4 is 21.7 Å². The van der Waals surface area contributed by atoms with E-state index in [0.29, 0.717) is 0 Å². The van der Waals surface area contributed by atoms with Gasteiger partial charge in [0.2, 0.25) is 0 Å². The van der Waals surface area contributed by atoms with Crippen LogP contribution >= 0.6 is 15.9 Å². The van der Waals surface area contributed by atoms with Crippen molar-refractivity contribution in [1.82, 2.24) is 14.8 Å². The fraction of sp³-hybridized carbons (Fsp3) is 0.615. The van der Waals surface area contributed by atoms with Crippen molar-refractivity contribution in [3.63, 3.8) is 0 Å². The molecule has 0 saturated carbocycles. The van der Waals surface area contributed by atoms with Crippen molar-refractivity contribution in [1.29, 1.82) is 0 Å². The van der Waals surface area contributed by atoms with Gasteiger partial charge in [0.1, 0.15) is 5.82 Å². The first kappa shape index (κ1) is 13.8. The standard InChI is InChI=1S/C13H21BrN4/c1-11-3-4-15-13(12(11)14)16-5-6-18-9-7-17(2)8-10-18/h3-4H,5-10H2,1-2H3,(H,15,16). The topological polar surface area (TPSA) is 31.4 Å². The zero-order valence-electron chi connectivity index (χ0n) is 11.1. The van der Waals surface area contributed by atoms with Crippen molar-refractivity contribution in [2.24, 2.45) is 0 Å². The number of hydrogen-bond acceptors (Lipinski definition) is 4. The number of nitrogens with zero attached hydrogens (tertiary/aromatic N) is 3. The maximum absolute atomic E-state index is 4.35. The molecular formula is C13H21BrN4. The van der Waals surface area contributed by atoms with Crippen molar-refractivity contribution in [2.75, 3.05) is 51.6 Å². The Bertz CT molecular complexity index is 389. The number of rotatable bonds is 4. The number of pyridine rings is 1. The molecule has 2 heterocycles. The highest BCUT2D eigenvalue weighted by atomic mass is 79.9. The van der Waals surface area contributed by atoms with Crippen LogP contribution in [-0.4, -0.2) is 61.1 Å². The second kappa shape index (κ2) is 6.50. The van der Waals surface area contributed by atoms with Crippen LogP contribution in [0.4, 0.5) is 5.82 Å². The van der Waals surface area contributed by atoms with E-state index in [9.17, 15) is 0 Å². The molecule has 1 saturated heterocycles. The summed E-state index contributed by atoms with van der Waals surface area (Å²) in [4.78, 5) is 9.22. The highest BCUT2D eigenvalue weighted by Crippen LogP contribution is 2.22. The molecule has 0 radical (unpaired) electrons. The van der Waals surface area contributed by atoms with Crippen LogP contribution in [0, 0.1) is 6.92 Å². The van der Waals surface area contributed by atoms with Gasteiger partial charge in [-0.3, -0.25) is 4.90 Å². The fourth-order valence-corrected chi connectivity index (χ4v) is 2.44. The zero-order valence-corrected chi connectivity index (χ0v) is 12.7. The van der Waals surface area contributed by atoms with Crippen LogP contribution in [0.2, 0.25) is 0 Å². The lowest BCUT2D eigenvalue weighted by molar-refractivity contribution is 0.158. The summed E-state index contributed by atoms with van der Waals surface area (Å²) in [6, 6.07) is 2.01. The lowest BCUT2D eigenvalue weighted by Crippen LogP contribution is -2.45. The van der Waals surface area contributed by atoms with Gasteiger partial charge < -0.3 is 10.2 Å². The first-order valence-electron chi connectivity index (χ1n) is 6.42. The molecule has 1 aromatic heterocycles. The van der Waals surface area contributed by atoms with E-state index in [1.807, 2.05) is 12.3 Å². The molecule has 1 aliphatic heterocycles. The normalized spacial score (nSPS) is 17.9. The van der Waals surface area contributed by atoms with Crippen LogP contribution < -0.4 is 5.32 Å². The molecule has 5 heteroatoms. The van der Waals surface area contributed by atoms with Crippen molar-refractivity contribution in [2.45, 2.75) is 6.92 Å². The maximum Gasteiger partial charge on any atom is 0.140 e. The molecule has 1 aliphatic rings. The van der Waals surface area contributed by atoms with Gasteiger partial charge in [-0.05, 0) is 41.5 Å². The number of halogens is 1. The molecule has 1 fully saturated rings. The van der Waals surface area contributed by atoms with E-state index in [0.717, 1.165) is 23.4 Å². The third kappa shape index (κ3) is 3.67. The summed E-state index contributed by atoms with van der Waals surface area (Å²) in [5.41, 5.74) is 1.21. The highest BCUT2D eigenvalue weighted by Gasteiger charge is 2.13. The molecule has 0 unspecified atom stereocenters. The Labute approximate surface area is 118 Å². The molecule has 1 aromatic rings. The summed E-state index contributed by atoms with van der Waals surface area (Å²) in [5, 5.41) is 3.40. The van der Waals surface area contributed by atoms with Crippen LogP contribution in [0.1, 0.15) is 5.56 Å². The van der Waals surface area contributed by atoms with Crippen LogP contribution in [0.3, 0.4) is 0 Å². The van der Waals surface area contributed by atoms with Crippen LogP contribution in [0.15, 0.2) is 16.7 Å². The van der Waals surface area contributed by atoms with Gasteiger partial charge in [0.25, 0.3) is 0 Å². The highest BCUT2D eigenvalue weighted by molar-refractivity contribution is 9.10.